The summed E-state index contributed by atoms with van der Waals surface area (Å²) in [6.07, 6.45) is 6.08. The van der Waals surface area contributed by atoms with Crippen molar-refractivity contribution >= 4 is 21.8 Å². The summed E-state index contributed by atoms with van der Waals surface area (Å²) in [7, 11) is 0. The molecule has 0 aromatic carbocycles. The Morgan fingerprint density at radius 1 is 1.41 bits per heavy atom. The standard InChI is InChI=1S/C13H17BrN2O/c1-9-8-10(6-7-15-9)13(17)16-12-4-2-11(14)3-5-12/h6-8,11-12H,2-5H2,1H3,(H,16,17). The Bertz CT molecular complexity index is 400. The number of aromatic nitrogens is 1. The molecule has 1 aromatic heterocycles. The van der Waals surface area contributed by atoms with E-state index in [9.17, 15) is 4.79 Å². The van der Waals surface area contributed by atoms with Gasteiger partial charge in [0.1, 0.15) is 0 Å². The first-order valence-corrected chi connectivity index (χ1v) is 6.94. The number of rotatable bonds is 2. The van der Waals surface area contributed by atoms with Gasteiger partial charge in [0.05, 0.1) is 0 Å². The minimum atomic E-state index is 0.0218. The van der Waals surface area contributed by atoms with Crippen molar-refractivity contribution in [2.45, 2.75) is 43.5 Å². The number of aryl methyl sites for hydroxylation is 1. The minimum absolute atomic E-state index is 0.0218. The molecule has 0 saturated heterocycles. The lowest BCUT2D eigenvalue weighted by molar-refractivity contribution is 0.0928. The molecule has 2 rings (SSSR count). The summed E-state index contributed by atoms with van der Waals surface area (Å²) >= 11 is 3.62. The number of nitrogens with zero attached hydrogens (tertiary/aromatic N) is 1. The van der Waals surface area contributed by atoms with Gasteiger partial charge in [-0.3, -0.25) is 9.78 Å². The number of carbonyl (C=O) groups is 1. The van der Waals surface area contributed by atoms with E-state index in [1.165, 1.54) is 0 Å². The van der Waals surface area contributed by atoms with Crippen LogP contribution in [-0.4, -0.2) is 21.8 Å². The highest BCUT2D eigenvalue weighted by Crippen LogP contribution is 2.24. The number of nitrogens with one attached hydrogen (secondary N) is 1. The average molecular weight is 297 g/mol. The molecular formula is C13H17BrN2O. The van der Waals surface area contributed by atoms with Crippen LogP contribution in [-0.2, 0) is 0 Å². The molecule has 1 heterocycles. The number of hydrogen-bond acceptors (Lipinski definition) is 2. The van der Waals surface area contributed by atoms with Crippen molar-refractivity contribution in [3.05, 3.63) is 29.6 Å². The molecule has 0 atom stereocenters. The van der Waals surface area contributed by atoms with Crippen LogP contribution in [0, 0.1) is 6.92 Å². The van der Waals surface area contributed by atoms with Crippen LogP contribution in [0.15, 0.2) is 18.3 Å². The number of carbonyl (C=O) groups excluding carboxylic acids is 1. The predicted molar refractivity (Wildman–Crippen MR) is 71.4 cm³/mol. The molecule has 1 saturated carbocycles. The molecule has 0 radical (unpaired) electrons. The molecule has 0 unspecified atom stereocenters. The molecule has 1 aliphatic carbocycles. The van der Waals surface area contributed by atoms with Crippen LogP contribution in [0.4, 0.5) is 0 Å². The summed E-state index contributed by atoms with van der Waals surface area (Å²) in [6.45, 7) is 1.90. The Kier molecular flexibility index (Phi) is 4.15. The number of amides is 1. The van der Waals surface area contributed by atoms with Gasteiger partial charge < -0.3 is 5.32 Å². The van der Waals surface area contributed by atoms with Gasteiger partial charge in [-0.05, 0) is 44.7 Å². The second kappa shape index (κ2) is 5.63. The second-order valence-corrected chi connectivity index (χ2v) is 5.90. The van der Waals surface area contributed by atoms with Gasteiger partial charge in [0.2, 0.25) is 0 Å². The summed E-state index contributed by atoms with van der Waals surface area (Å²) in [5.74, 6) is 0.0218. The lowest BCUT2D eigenvalue weighted by Crippen LogP contribution is -2.37. The Hall–Kier alpha value is -0.900. The van der Waals surface area contributed by atoms with Crippen LogP contribution >= 0.6 is 15.9 Å². The third kappa shape index (κ3) is 3.53. The molecule has 0 aliphatic heterocycles. The number of hydrogen-bond donors (Lipinski definition) is 1. The number of alkyl halides is 1. The van der Waals surface area contributed by atoms with Crippen molar-refractivity contribution in [3.8, 4) is 0 Å². The fraction of sp³-hybridized carbons (Fsp3) is 0.538. The van der Waals surface area contributed by atoms with Crippen molar-refractivity contribution < 1.29 is 4.79 Å². The van der Waals surface area contributed by atoms with E-state index in [1.807, 2.05) is 13.0 Å². The van der Waals surface area contributed by atoms with Crippen molar-refractivity contribution in [1.82, 2.24) is 10.3 Å². The van der Waals surface area contributed by atoms with E-state index in [0.717, 1.165) is 31.4 Å². The van der Waals surface area contributed by atoms with Crippen LogP contribution in [0.1, 0.15) is 41.7 Å². The number of pyridine rings is 1. The van der Waals surface area contributed by atoms with Gasteiger partial charge in [-0.15, -0.1) is 0 Å². The average Bonchev–Trinajstić information content (AvgIpc) is 2.32. The molecule has 1 aliphatic rings. The SMILES string of the molecule is Cc1cc(C(=O)NC2CCC(Br)CC2)ccn1. The largest absolute Gasteiger partial charge is 0.349 e. The molecule has 4 heteroatoms. The molecule has 0 bridgehead atoms. The highest BCUT2D eigenvalue weighted by Gasteiger charge is 2.21. The van der Waals surface area contributed by atoms with E-state index >= 15 is 0 Å². The zero-order valence-electron chi connectivity index (χ0n) is 9.95. The first-order chi connectivity index (χ1) is 8.15. The maximum absolute atomic E-state index is 12.0. The molecule has 1 fully saturated rings. The molecule has 1 aromatic rings. The van der Waals surface area contributed by atoms with E-state index in [-0.39, 0.29) is 5.91 Å². The maximum Gasteiger partial charge on any atom is 0.251 e. The molecule has 92 valence electrons. The third-order valence-electron chi connectivity index (χ3n) is 3.15. The van der Waals surface area contributed by atoms with Gasteiger partial charge in [-0.25, -0.2) is 0 Å². The first-order valence-electron chi connectivity index (χ1n) is 6.03. The molecule has 1 amide bonds. The van der Waals surface area contributed by atoms with Gasteiger partial charge in [0.25, 0.3) is 5.91 Å². The van der Waals surface area contributed by atoms with Gasteiger partial charge >= 0.3 is 0 Å². The molecular weight excluding hydrogens is 280 g/mol. The highest BCUT2D eigenvalue weighted by atomic mass is 79.9. The van der Waals surface area contributed by atoms with Gasteiger partial charge in [-0.1, -0.05) is 15.9 Å². The van der Waals surface area contributed by atoms with Gasteiger partial charge in [-0.2, -0.15) is 0 Å². The van der Waals surface area contributed by atoms with Crippen molar-refractivity contribution in [2.24, 2.45) is 0 Å². The van der Waals surface area contributed by atoms with Crippen LogP contribution in [0.2, 0.25) is 0 Å². The predicted octanol–water partition coefficient (Wildman–Crippen LogP) is 2.83. The number of halogens is 1. The van der Waals surface area contributed by atoms with Crippen molar-refractivity contribution in [2.75, 3.05) is 0 Å². The Morgan fingerprint density at radius 2 is 2.12 bits per heavy atom. The fourth-order valence-electron chi connectivity index (χ4n) is 2.15. The zero-order valence-corrected chi connectivity index (χ0v) is 11.5. The van der Waals surface area contributed by atoms with Gasteiger partial charge in [0.15, 0.2) is 0 Å². The lowest BCUT2D eigenvalue weighted by atomic mass is 9.95. The van der Waals surface area contributed by atoms with Crippen LogP contribution < -0.4 is 5.32 Å². The zero-order chi connectivity index (χ0) is 12.3. The highest BCUT2D eigenvalue weighted by molar-refractivity contribution is 9.09. The summed E-state index contributed by atoms with van der Waals surface area (Å²) in [5.41, 5.74) is 1.58. The van der Waals surface area contributed by atoms with Crippen LogP contribution in [0.3, 0.4) is 0 Å². The summed E-state index contributed by atoms with van der Waals surface area (Å²) in [5, 5.41) is 3.10. The summed E-state index contributed by atoms with van der Waals surface area (Å²) < 4.78 is 0. The maximum atomic E-state index is 12.0. The summed E-state index contributed by atoms with van der Waals surface area (Å²) in [4.78, 5) is 16.7. The second-order valence-electron chi connectivity index (χ2n) is 4.61. The topological polar surface area (TPSA) is 42.0 Å². The van der Waals surface area contributed by atoms with E-state index in [4.69, 9.17) is 0 Å². The Labute approximate surface area is 110 Å². The minimum Gasteiger partial charge on any atom is -0.349 e. The fourth-order valence-corrected chi connectivity index (χ4v) is 2.68. The van der Waals surface area contributed by atoms with E-state index in [0.29, 0.717) is 16.4 Å². The third-order valence-corrected chi connectivity index (χ3v) is 4.07. The Morgan fingerprint density at radius 3 is 2.76 bits per heavy atom. The monoisotopic (exact) mass is 296 g/mol. The normalized spacial score (nSPS) is 24.4. The van der Waals surface area contributed by atoms with Gasteiger partial charge in [0, 0.05) is 28.3 Å². The van der Waals surface area contributed by atoms with Crippen molar-refractivity contribution in [3.63, 3.8) is 0 Å². The van der Waals surface area contributed by atoms with E-state index in [1.54, 1.807) is 12.3 Å². The molecule has 1 N–H and O–H groups in total. The van der Waals surface area contributed by atoms with Crippen LogP contribution in [0.5, 0.6) is 0 Å². The van der Waals surface area contributed by atoms with Crippen LogP contribution in [0.25, 0.3) is 0 Å². The molecule has 0 spiro atoms. The molecule has 17 heavy (non-hydrogen) atoms. The van der Waals surface area contributed by atoms with E-state index < -0.39 is 0 Å². The lowest BCUT2D eigenvalue weighted by Gasteiger charge is -2.26. The Balaban J connectivity index is 1.93. The quantitative estimate of drug-likeness (QED) is 0.853. The van der Waals surface area contributed by atoms with E-state index in [2.05, 4.69) is 26.2 Å². The summed E-state index contributed by atoms with van der Waals surface area (Å²) in [6, 6.07) is 3.91. The first kappa shape index (κ1) is 12.6. The smallest absolute Gasteiger partial charge is 0.251 e. The van der Waals surface area contributed by atoms with Crippen molar-refractivity contribution in [1.29, 1.82) is 0 Å². The molecule has 3 nitrogen and oxygen atoms in total.